The fraction of sp³-hybridized carbons (Fsp3) is 0.212. The lowest BCUT2D eigenvalue weighted by Crippen LogP contribution is -2.34. The second kappa shape index (κ2) is 12.9. The van der Waals surface area contributed by atoms with E-state index in [1.54, 1.807) is 46.9 Å². The third-order valence-electron chi connectivity index (χ3n) is 7.64. The molecule has 1 fully saturated rings. The highest BCUT2D eigenvalue weighted by Crippen LogP contribution is 2.33. The second-order valence-electron chi connectivity index (χ2n) is 10.8. The number of halogens is 2. The van der Waals surface area contributed by atoms with E-state index in [2.05, 4.69) is 20.4 Å². The standard InChI is InChI=1S/C33H31ClFN5O3S/c1-39-14-3-15-40(17-16-39)44(41,42)28-10-6-24(7-11-28)25-8-12-29-31(19-25)38-36-21-32(29)37-27-9-13-33(30(34)20-27)43-22-23-4-2-5-26(35)18-23/h2,4-13,18-21H,3,14-17,22H2,1H3,(H,37,38). The molecule has 2 heterocycles. The lowest BCUT2D eigenvalue weighted by atomic mass is 10.0. The fourth-order valence-corrected chi connectivity index (χ4v) is 6.91. The summed E-state index contributed by atoms with van der Waals surface area (Å²) in [6, 6.07) is 24.4. The van der Waals surface area contributed by atoms with Gasteiger partial charge in [0, 0.05) is 30.7 Å². The Labute approximate surface area is 261 Å². The van der Waals surface area contributed by atoms with Gasteiger partial charge in [-0.25, -0.2) is 12.8 Å². The molecule has 0 atom stereocenters. The maximum absolute atomic E-state index is 13.5. The first-order valence-corrected chi connectivity index (χ1v) is 16.1. The van der Waals surface area contributed by atoms with Crippen molar-refractivity contribution in [2.75, 3.05) is 38.5 Å². The Morgan fingerprint density at radius 2 is 1.75 bits per heavy atom. The highest BCUT2D eigenvalue weighted by Gasteiger charge is 2.26. The van der Waals surface area contributed by atoms with Crippen molar-refractivity contribution in [3.63, 3.8) is 0 Å². The molecule has 1 N–H and O–H groups in total. The molecule has 1 aliphatic heterocycles. The molecule has 5 aromatic rings. The van der Waals surface area contributed by atoms with Crippen molar-refractivity contribution in [3.8, 4) is 16.9 Å². The van der Waals surface area contributed by atoms with E-state index in [4.69, 9.17) is 16.3 Å². The minimum atomic E-state index is -3.56. The Bertz CT molecular complexity index is 1910. The number of hydrogen-bond donors (Lipinski definition) is 1. The van der Waals surface area contributed by atoms with Crippen molar-refractivity contribution in [1.82, 2.24) is 19.4 Å². The number of anilines is 2. The number of rotatable bonds is 8. The van der Waals surface area contributed by atoms with Crippen LogP contribution in [0.5, 0.6) is 5.75 Å². The molecule has 8 nitrogen and oxygen atoms in total. The van der Waals surface area contributed by atoms with Crippen molar-refractivity contribution < 1.29 is 17.5 Å². The van der Waals surface area contributed by atoms with Gasteiger partial charge in [-0.3, -0.25) is 0 Å². The average molecular weight is 632 g/mol. The number of aromatic nitrogens is 2. The molecular weight excluding hydrogens is 601 g/mol. The van der Waals surface area contributed by atoms with E-state index < -0.39 is 10.0 Å². The Kier molecular flexibility index (Phi) is 8.76. The van der Waals surface area contributed by atoms with Crippen LogP contribution in [0, 0.1) is 5.82 Å². The van der Waals surface area contributed by atoms with Gasteiger partial charge in [0.2, 0.25) is 10.0 Å². The van der Waals surface area contributed by atoms with Crippen LogP contribution in [0.1, 0.15) is 12.0 Å². The van der Waals surface area contributed by atoms with Crippen LogP contribution in [-0.4, -0.2) is 61.0 Å². The van der Waals surface area contributed by atoms with Crippen LogP contribution >= 0.6 is 11.6 Å². The maximum Gasteiger partial charge on any atom is 0.243 e. The van der Waals surface area contributed by atoms with Crippen molar-refractivity contribution in [3.05, 3.63) is 108 Å². The molecule has 1 saturated heterocycles. The van der Waals surface area contributed by atoms with Crippen molar-refractivity contribution >= 4 is 43.9 Å². The van der Waals surface area contributed by atoms with E-state index in [0.717, 1.165) is 47.4 Å². The molecule has 0 unspecified atom stereocenters. The molecule has 44 heavy (non-hydrogen) atoms. The Balaban J connectivity index is 1.17. The summed E-state index contributed by atoms with van der Waals surface area (Å²) in [6.45, 7) is 2.81. The smallest absolute Gasteiger partial charge is 0.243 e. The molecule has 11 heteroatoms. The summed E-state index contributed by atoms with van der Waals surface area (Å²) in [7, 11) is -1.54. The second-order valence-corrected chi connectivity index (χ2v) is 13.1. The van der Waals surface area contributed by atoms with Gasteiger partial charge in [0.15, 0.2) is 0 Å². The van der Waals surface area contributed by atoms with Gasteiger partial charge in [0.1, 0.15) is 18.2 Å². The number of nitrogens with zero attached hydrogens (tertiary/aromatic N) is 4. The summed E-state index contributed by atoms with van der Waals surface area (Å²) < 4.78 is 47.3. The molecule has 0 aliphatic carbocycles. The van der Waals surface area contributed by atoms with E-state index in [0.29, 0.717) is 39.8 Å². The third-order valence-corrected chi connectivity index (χ3v) is 9.85. The molecule has 0 amide bonds. The number of benzene rings is 4. The lowest BCUT2D eigenvalue weighted by Gasteiger charge is -2.20. The Hall–Kier alpha value is -4.09. The molecule has 1 aromatic heterocycles. The molecule has 6 rings (SSSR count). The first-order valence-electron chi connectivity index (χ1n) is 14.2. The number of nitrogens with one attached hydrogen (secondary N) is 1. The van der Waals surface area contributed by atoms with Gasteiger partial charge in [-0.2, -0.15) is 14.5 Å². The third kappa shape index (κ3) is 6.68. The topological polar surface area (TPSA) is 87.7 Å². The van der Waals surface area contributed by atoms with E-state index in [9.17, 15) is 12.8 Å². The predicted molar refractivity (Wildman–Crippen MR) is 171 cm³/mol. The average Bonchev–Trinajstić information content (AvgIpc) is 3.25. The molecule has 0 radical (unpaired) electrons. The largest absolute Gasteiger partial charge is 0.487 e. The van der Waals surface area contributed by atoms with Crippen LogP contribution < -0.4 is 10.1 Å². The minimum Gasteiger partial charge on any atom is -0.487 e. The monoisotopic (exact) mass is 631 g/mol. The van der Waals surface area contributed by atoms with Gasteiger partial charge < -0.3 is 15.0 Å². The van der Waals surface area contributed by atoms with Gasteiger partial charge in [-0.15, -0.1) is 0 Å². The number of hydrogen-bond acceptors (Lipinski definition) is 7. The highest BCUT2D eigenvalue weighted by molar-refractivity contribution is 7.89. The number of likely N-dealkylation sites (N-methyl/N-ethyl adjacent to an activating group) is 1. The molecular formula is C33H31ClFN5O3S. The number of fused-ring (bicyclic) bond motifs is 1. The normalized spacial score (nSPS) is 14.8. The summed E-state index contributed by atoms with van der Waals surface area (Å²) >= 11 is 6.49. The molecule has 4 aromatic carbocycles. The molecule has 1 aliphatic rings. The molecule has 0 bridgehead atoms. The maximum atomic E-state index is 13.5. The van der Waals surface area contributed by atoms with Gasteiger partial charge in [-0.05, 0) is 91.3 Å². The summed E-state index contributed by atoms with van der Waals surface area (Å²) in [5, 5.41) is 13.1. The molecule has 226 valence electrons. The van der Waals surface area contributed by atoms with E-state index in [-0.39, 0.29) is 12.4 Å². The summed E-state index contributed by atoms with van der Waals surface area (Å²) in [5.41, 5.74) is 4.64. The van der Waals surface area contributed by atoms with Crippen molar-refractivity contribution in [2.45, 2.75) is 17.9 Å². The van der Waals surface area contributed by atoms with Gasteiger partial charge >= 0.3 is 0 Å². The van der Waals surface area contributed by atoms with Gasteiger partial charge in [0.25, 0.3) is 0 Å². The van der Waals surface area contributed by atoms with Crippen LogP contribution in [0.4, 0.5) is 15.8 Å². The summed E-state index contributed by atoms with van der Waals surface area (Å²) in [5.74, 6) is 0.170. The first kappa shape index (κ1) is 30.0. The van der Waals surface area contributed by atoms with Crippen LogP contribution in [0.25, 0.3) is 22.0 Å². The molecule has 0 saturated carbocycles. The lowest BCUT2D eigenvalue weighted by molar-refractivity contribution is 0.306. The zero-order valence-corrected chi connectivity index (χ0v) is 25.7. The number of sulfonamides is 1. The van der Waals surface area contributed by atoms with Crippen molar-refractivity contribution in [1.29, 1.82) is 0 Å². The summed E-state index contributed by atoms with van der Waals surface area (Å²) in [6.07, 6.45) is 2.46. The van der Waals surface area contributed by atoms with E-state index in [1.165, 1.54) is 12.1 Å². The van der Waals surface area contributed by atoms with Crippen LogP contribution in [-0.2, 0) is 16.6 Å². The fourth-order valence-electron chi connectivity index (χ4n) is 5.21. The van der Waals surface area contributed by atoms with Gasteiger partial charge in [0.05, 0.1) is 27.3 Å². The van der Waals surface area contributed by atoms with E-state index >= 15 is 0 Å². The zero-order valence-electron chi connectivity index (χ0n) is 24.1. The predicted octanol–water partition coefficient (Wildman–Crippen LogP) is 6.74. The summed E-state index contributed by atoms with van der Waals surface area (Å²) in [4.78, 5) is 2.45. The van der Waals surface area contributed by atoms with E-state index in [1.807, 2.05) is 43.4 Å². The zero-order chi connectivity index (χ0) is 30.7. The first-order chi connectivity index (χ1) is 21.3. The highest BCUT2D eigenvalue weighted by atomic mass is 35.5. The SMILES string of the molecule is CN1CCCN(S(=O)(=O)c2ccc(-c3ccc4c(Nc5ccc(OCc6cccc(F)c6)c(Cl)c5)cnnc4c3)cc2)CC1. The van der Waals surface area contributed by atoms with Crippen LogP contribution in [0.2, 0.25) is 5.02 Å². The quantitative estimate of drug-likeness (QED) is 0.203. The Morgan fingerprint density at radius 3 is 2.55 bits per heavy atom. The van der Waals surface area contributed by atoms with Gasteiger partial charge in [-0.1, -0.05) is 41.9 Å². The van der Waals surface area contributed by atoms with Crippen molar-refractivity contribution in [2.24, 2.45) is 0 Å². The molecule has 0 spiro atoms. The minimum absolute atomic E-state index is 0.195. The van der Waals surface area contributed by atoms with Crippen LogP contribution in [0.3, 0.4) is 0 Å². The Morgan fingerprint density at radius 1 is 0.932 bits per heavy atom. The van der Waals surface area contributed by atoms with Crippen LogP contribution in [0.15, 0.2) is 96.0 Å². The number of ether oxygens (including phenoxy) is 1.